The van der Waals surface area contributed by atoms with Gasteiger partial charge in [-0.25, -0.2) is 4.39 Å². The van der Waals surface area contributed by atoms with Crippen molar-refractivity contribution in [2.24, 2.45) is 0 Å². The lowest BCUT2D eigenvalue weighted by Crippen LogP contribution is -2.14. The smallest absolute Gasteiger partial charge is 0.275 e. The predicted octanol–water partition coefficient (Wildman–Crippen LogP) is 2.41. The molecule has 1 unspecified atom stereocenters. The molecule has 0 bridgehead atoms. The van der Waals surface area contributed by atoms with Gasteiger partial charge in [0, 0.05) is 5.56 Å². The molecular weight excluding hydrogens is 213 g/mol. The maximum absolute atomic E-state index is 13.5. The Kier molecular flexibility index (Phi) is 2.63. The van der Waals surface area contributed by atoms with E-state index in [0.29, 0.717) is 36.0 Å². The highest BCUT2D eigenvalue weighted by Crippen LogP contribution is 2.38. The highest BCUT2D eigenvalue weighted by atomic mass is 19.1. The molecule has 16 heavy (non-hydrogen) atoms. The highest BCUT2D eigenvalue weighted by Gasteiger charge is 2.29. The van der Waals surface area contributed by atoms with E-state index in [1.807, 2.05) is 0 Å². The zero-order valence-electron chi connectivity index (χ0n) is 8.86. The van der Waals surface area contributed by atoms with Gasteiger partial charge < -0.3 is 5.11 Å². The second kappa shape index (κ2) is 3.83. The summed E-state index contributed by atoms with van der Waals surface area (Å²) in [5.74, 6) is -0.619. The highest BCUT2D eigenvalue weighted by molar-refractivity contribution is 5.52. The number of hydrogen-bond donors (Lipinski definition) is 1. The number of nitro groups is 1. The second-order valence-electron chi connectivity index (χ2n) is 4.06. The van der Waals surface area contributed by atoms with Gasteiger partial charge in [0.15, 0.2) is 0 Å². The second-order valence-corrected chi connectivity index (χ2v) is 4.06. The number of benzene rings is 1. The van der Waals surface area contributed by atoms with Crippen LogP contribution in [0, 0.1) is 22.9 Å². The molecule has 5 heteroatoms. The molecule has 0 aromatic heterocycles. The molecule has 0 radical (unpaired) electrons. The lowest BCUT2D eigenvalue weighted by molar-refractivity contribution is -0.385. The van der Waals surface area contributed by atoms with E-state index in [4.69, 9.17) is 0 Å². The minimum Gasteiger partial charge on any atom is -0.388 e. The largest absolute Gasteiger partial charge is 0.388 e. The molecule has 86 valence electrons. The number of halogens is 1. The first kappa shape index (κ1) is 11.0. The lowest BCUT2D eigenvalue weighted by Gasteiger charge is -2.23. The fourth-order valence-electron chi connectivity index (χ4n) is 2.30. The van der Waals surface area contributed by atoms with Gasteiger partial charge in [-0.1, -0.05) is 0 Å². The van der Waals surface area contributed by atoms with Crippen molar-refractivity contribution in [1.29, 1.82) is 0 Å². The Morgan fingerprint density at radius 2 is 2.31 bits per heavy atom. The molecule has 1 aliphatic carbocycles. The van der Waals surface area contributed by atoms with Crippen molar-refractivity contribution >= 4 is 5.69 Å². The van der Waals surface area contributed by atoms with Crippen molar-refractivity contribution in [3.8, 4) is 0 Å². The van der Waals surface area contributed by atoms with E-state index in [9.17, 15) is 19.6 Å². The van der Waals surface area contributed by atoms with Crippen LogP contribution in [0.4, 0.5) is 10.1 Å². The van der Waals surface area contributed by atoms with E-state index in [2.05, 4.69) is 0 Å². The van der Waals surface area contributed by atoms with E-state index in [0.717, 1.165) is 6.07 Å². The molecule has 2 rings (SSSR count). The molecule has 0 heterocycles. The van der Waals surface area contributed by atoms with Crippen LogP contribution in [0.15, 0.2) is 6.07 Å². The molecule has 1 N–H and O–H groups in total. The van der Waals surface area contributed by atoms with Gasteiger partial charge in [-0.15, -0.1) is 0 Å². The molecule has 0 saturated heterocycles. The lowest BCUT2D eigenvalue weighted by atomic mass is 9.85. The van der Waals surface area contributed by atoms with Gasteiger partial charge in [-0.05, 0) is 37.3 Å². The minimum absolute atomic E-state index is 0.211. The third-order valence-corrected chi connectivity index (χ3v) is 3.09. The van der Waals surface area contributed by atoms with Crippen LogP contribution in [-0.4, -0.2) is 10.0 Å². The van der Waals surface area contributed by atoms with Gasteiger partial charge in [0.05, 0.1) is 17.1 Å². The molecule has 0 fully saturated rings. The Balaban J connectivity index is 2.72. The van der Waals surface area contributed by atoms with Gasteiger partial charge in [-0.2, -0.15) is 0 Å². The van der Waals surface area contributed by atoms with Gasteiger partial charge >= 0.3 is 0 Å². The Morgan fingerprint density at radius 1 is 1.62 bits per heavy atom. The number of aliphatic hydroxyl groups excluding tert-OH is 1. The number of fused-ring (bicyclic) bond motifs is 1. The van der Waals surface area contributed by atoms with Crippen LogP contribution in [0.1, 0.15) is 35.6 Å². The zero-order chi connectivity index (χ0) is 11.9. The molecule has 1 atom stereocenters. The monoisotopic (exact) mass is 225 g/mol. The SMILES string of the molecule is Cc1c(F)cc([N+](=O)[O-])c2c1C(O)CCC2. The molecule has 1 aromatic rings. The third kappa shape index (κ3) is 1.57. The van der Waals surface area contributed by atoms with Crippen LogP contribution in [0.3, 0.4) is 0 Å². The third-order valence-electron chi connectivity index (χ3n) is 3.09. The molecule has 4 nitrogen and oxygen atoms in total. The fourth-order valence-corrected chi connectivity index (χ4v) is 2.30. The van der Waals surface area contributed by atoms with E-state index < -0.39 is 16.8 Å². The Morgan fingerprint density at radius 3 is 2.94 bits per heavy atom. The molecule has 0 saturated carbocycles. The summed E-state index contributed by atoms with van der Waals surface area (Å²) in [6.45, 7) is 1.55. The summed E-state index contributed by atoms with van der Waals surface area (Å²) in [5.41, 5.74) is 1.02. The van der Waals surface area contributed by atoms with E-state index in [1.54, 1.807) is 6.92 Å². The van der Waals surface area contributed by atoms with Crippen LogP contribution < -0.4 is 0 Å². The summed E-state index contributed by atoms with van der Waals surface area (Å²) >= 11 is 0. The van der Waals surface area contributed by atoms with Crippen LogP contribution in [0.2, 0.25) is 0 Å². The number of hydrogen-bond acceptors (Lipinski definition) is 3. The molecular formula is C11H12FNO3. The van der Waals surface area contributed by atoms with Crippen molar-refractivity contribution in [2.45, 2.75) is 32.3 Å². The number of nitro benzene ring substituents is 1. The zero-order valence-corrected chi connectivity index (χ0v) is 8.86. The maximum atomic E-state index is 13.5. The topological polar surface area (TPSA) is 63.4 Å². The van der Waals surface area contributed by atoms with Gasteiger partial charge in [-0.3, -0.25) is 10.1 Å². The number of nitrogens with zero attached hydrogens (tertiary/aromatic N) is 1. The van der Waals surface area contributed by atoms with E-state index in [1.165, 1.54) is 0 Å². The molecule has 1 aromatic carbocycles. The van der Waals surface area contributed by atoms with Crippen LogP contribution in [0.25, 0.3) is 0 Å². The van der Waals surface area contributed by atoms with E-state index in [-0.39, 0.29) is 5.69 Å². The van der Waals surface area contributed by atoms with Gasteiger partial charge in [0.25, 0.3) is 5.69 Å². The normalized spacial score (nSPS) is 19.3. The first-order chi connectivity index (χ1) is 7.52. The van der Waals surface area contributed by atoms with Crippen LogP contribution in [0.5, 0.6) is 0 Å². The quantitative estimate of drug-likeness (QED) is 0.589. The van der Waals surface area contributed by atoms with Crippen molar-refractivity contribution < 1.29 is 14.4 Å². The van der Waals surface area contributed by atoms with Crippen molar-refractivity contribution in [3.05, 3.63) is 38.7 Å². The van der Waals surface area contributed by atoms with Crippen molar-refractivity contribution in [3.63, 3.8) is 0 Å². The average molecular weight is 225 g/mol. The Hall–Kier alpha value is -1.49. The van der Waals surface area contributed by atoms with Gasteiger partial charge in [0.1, 0.15) is 5.82 Å². The Bertz CT molecular complexity index is 459. The fraction of sp³-hybridized carbons (Fsp3) is 0.455. The summed E-state index contributed by atoms with van der Waals surface area (Å²) in [6.07, 6.45) is 0.983. The Labute approximate surface area is 91.9 Å². The number of aliphatic hydroxyl groups is 1. The van der Waals surface area contributed by atoms with Crippen molar-refractivity contribution in [1.82, 2.24) is 0 Å². The molecule has 1 aliphatic rings. The standard InChI is InChI=1S/C11H12FNO3/c1-6-8(12)5-9(13(15)16)7-3-2-4-10(14)11(6)7/h5,10,14H,2-4H2,1H3. The summed E-state index contributed by atoms with van der Waals surface area (Å²) in [5, 5.41) is 20.6. The molecule has 0 aliphatic heterocycles. The summed E-state index contributed by atoms with van der Waals surface area (Å²) in [7, 11) is 0. The first-order valence-corrected chi connectivity index (χ1v) is 5.16. The summed E-state index contributed by atoms with van der Waals surface area (Å²) < 4.78 is 13.5. The maximum Gasteiger partial charge on any atom is 0.275 e. The molecule has 0 spiro atoms. The number of rotatable bonds is 1. The summed E-state index contributed by atoms with van der Waals surface area (Å²) in [6, 6.07) is 0.951. The first-order valence-electron chi connectivity index (χ1n) is 5.16. The van der Waals surface area contributed by atoms with Crippen molar-refractivity contribution in [2.75, 3.05) is 0 Å². The van der Waals surface area contributed by atoms with Gasteiger partial charge in [0.2, 0.25) is 0 Å². The average Bonchev–Trinajstić information content (AvgIpc) is 2.22. The van der Waals surface area contributed by atoms with E-state index >= 15 is 0 Å². The molecule has 0 amide bonds. The minimum atomic E-state index is -0.779. The summed E-state index contributed by atoms with van der Waals surface area (Å²) in [4.78, 5) is 10.2. The predicted molar refractivity (Wildman–Crippen MR) is 55.7 cm³/mol. The van der Waals surface area contributed by atoms with Crippen LogP contribution >= 0.6 is 0 Å². The van der Waals surface area contributed by atoms with Crippen LogP contribution in [-0.2, 0) is 6.42 Å².